The number of halogens is 1. The van der Waals surface area contributed by atoms with Gasteiger partial charge in [0.05, 0.1) is 5.02 Å². The topological polar surface area (TPSA) is 59.1 Å². The molecule has 6 nitrogen and oxygen atoms in total. The Balaban J connectivity index is 1.49. The van der Waals surface area contributed by atoms with Crippen LogP contribution >= 0.6 is 11.6 Å². The molecule has 0 spiro atoms. The highest BCUT2D eigenvalue weighted by Crippen LogP contribution is 2.24. The molecule has 142 valence electrons. The van der Waals surface area contributed by atoms with Crippen molar-refractivity contribution >= 4 is 29.2 Å². The molecular weight excluding hydrogens is 368 g/mol. The first-order valence-corrected chi connectivity index (χ1v) is 9.09. The molecule has 1 saturated heterocycles. The standard InChI is InChI=1S/C20H21ClN2O4/c1-15(24)22-10-12-23(13-11-22)16-6-8-17(9-7-16)27-20(25)14-26-19-5-3-2-4-18(19)21/h2-9H,10-14H2,1H3. The number of esters is 1. The Morgan fingerprint density at radius 2 is 1.67 bits per heavy atom. The minimum Gasteiger partial charge on any atom is -0.480 e. The van der Waals surface area contributed by atoms with Crippen LogP contribution in [-0.4, -0.2) is 49.6 Å². The van der Waals surface area contributed by atoms with Crippen molar-refractivity contribution in [3.63, 3.8) is 0 Å². The molecule has 1 heterocycles. The highest BCUT2D eigenvalue weighted by atomic mass is 35.5. The second-order valence-corrected chi connectivity index (χ2v) is 6.59. The van der Waals surface area contributed by atoms with E-state index in [0.717, 1.165) is 18.8 Å². The van der Waals surface area contributed by atoms with Gasteiger partial charge in [-0.1, -0.05) is 23.7 Å². The van der Waals surface area contributed by atoms with E-state index in [1.807, 2.05) is 17.0 Å². The fourth-order valence-electron chi connectivity index (χ4n) is 2.86. The third-order valence-electron chi connectivity index (χ3n) is 4.34. The Bertz CT molecular complexity index is 802. The molecule has 7 heteroatoms. The van der Waals surface area contributed by atoms with Crippen LogP contribution in [-0.2, 0) is 9.59 Å². The van der Waals surface area contributed by atoms with Crippen molar-refractivity contribution < 1.29 is 19.1 Å². The molecule has 1 amide bonds. The first kappa shape index (κ1) is 19.0. The van der Waals surface area contributed by atoms with Crippen LogP contribution < -0.4 is 14.4 Å². The summed E-state index contributed by atoms with van der Waals surface area (Å²) in [4.78, 5) is 27.4. The number of carbonyl (C=O) groups excluding carboxylic acids is 2. The van der Waals surface area contributed by atoms with Gasteiger partial charge in [-0.3, -0.25) is 4.79 Å². The van der Waals surface area contributed by atoms with E-state index in [4.69, 9.17) is 21.1 Å². The number of hydrogen-bond acceptors (Lipinski definition) is 5. The zero-order valence-corrected chi connectivity index (χ0v) is 15.8. The van der Waals surface area contributed by atoms with E-state index in [-0.39, 0.29) is 12.5 Å². The second-order valence-electron chi connectivity index (χ2n) is 6.18. The van der Waals surface area contributed by atoms with Gasteiger partial charge in [0, 0.05) is 38.8 Å². The quantitative estimate of drug-likeness (QED) is 0.582. The molecule has 0 atom stereocenters. The molecule has 27 heavy (non-hydrogen) atoms. The lowest BCUT2D eigenvalue weighted by Crippen LogP contribution is -2.48. The third-order valence-corrected chi connectivity index (χ3v) is 4.65. The number of para-hydroxylation sites is 1. The summed E-state index contributed by atoms with van der Waals surface area (Å²) in [6.07, 6.45) is 0. The maximum absolute atomic E-state index is 11.9. The fraction of sp³-hybridized carbons (Fsp3) is 0.300. The number of carbonyl (C=O) groups is 2. The summed E-state index contributed by atoms with van der Waals surface area (Å²) in [5.41, 5.74) is 1.03. The molecule has 1 aliphatic rings. The minimum atomic E-state index is -0.502. The lowest BCUT2D eigenvalue weighted by molar-refractivity contribution is -0.136. The Hall–Kier alpha value is -2.73. The van der Waals surface area contributed by atoms with Gasteiger partial charge < -0.3 is 19.3 Å². The van der Waals surface area contributed by atoms with E-state index >= 15 is 0 Å². The van der Waals surface area contributed by atoms with Crippen LogP contribution in [0.2, 0.25) is 5.02 Å². The highest BCUT2D eigenvalue weighted by molar-refractivity contribution is 6.32. The van der Waals surface area contributed by atoms with Gasteiger partial charge in [0.15, 0.2) is 6.61 Å². The number of benzene rings is 2. The normalized spacial score (nSPS) is 14.0. The van der Waals surface area contributed by atoms with Gasteiger partial charge >= 0.3 is 5.97 Å². The molecule has 1 fully saturated rings. The van der Waals surface area contributed by atoms with E-state index in [2.05, 4.69) is 4.90 Å². The molecule has 0 aliphatic carbocycles. The largest absolute Gasteiger partial charge is 0.480 e. The second kappa shape index (κ2) is 8.77. The van der Waals surface area contributed by atoms with Gasteiger partial charge in [0.2, 0.25) is 5.91 Å². The number of nitrogens with zero attached hydrogens (tertiary/aromatic N) is 2. The van der Waals surface area contributed by atoms with Crippen LogP contribution in [0.25, 0.3) is 0 Å². The van der Waals surface area contributed by atoms with Gasteiger partial charge in [-0.2, -0.15) is 0 Å². The molecule has 0 saturated carbocycles. The first-order chi connectivity index (χ1) is 13.0. The average molecular weight is 389 g/mol. The van der Waals surface area contributed by atoms with Crippen LogP contribution in [0.3, 0.4) is 0 Å². The summed E-state index contributed by atoms with van der Waals surface area (Å²) in [6, 6.07) is 14.3. The summed E-state index contributed by atoms with van der Waals surface area (Å²) in [6.45, 7) is 4.36. The fourth-order valence-corrected chi connectivity index (χ4v) is 3.05. The maximum Gasteiger partial charge on any atom is 0.349 e. The Morgan fingerprint density at radius 1 is 1.00 bits per heavy atom. The van der Waals surface area contributed by atoms with Crippen molar-refractivity contribution in [1.82, 2.24) is 4.90 Å². The Morgan fingerprint density at radius 3 is 2.30 bits per heavy atom. The average Bonchev–Trinajstić information content (AvgIpc) is 2.68. The van der Waals surface area contributed by atoms with E-state index in [1.165, 1.54) is 0 Å². The molecule has 0 N–H and O–H groups in total. The highest BCUT2D eigenvalue weighted by Gasteiger charge is 2.18. The molecular formula is C20H21ClN2O4. The number of piperazine rings is 1. The van der Waals surface area contributed by atoms with Crippen molar-refractivity contribution in [1.29, 1.82) is 0 Å². The van der Waals surface area contributed by atoms with Crippen LogP contribution in [0.15, 0.2) is 48.5 Å². The van der Waals surface area contributed by atoms with Crippen LogP contribution in [0.4, 0.5) is 5.69 Å². The van der Waals surface area contributed by atoms with Gasteiger partial charge in [-0.05, 0) is 36.4 Å². The molecule has 0 bridgehead atoms. The maximum atomic E-state index is 11.9. The summed E-state index contributed by atoms with van der Waals surface area (Å²) < 4.78 is 10.7. The smallest absolute Gasteiger partial charge is 0.349 e. The van der Waals surface area contributed by atoms with Gasteiger partial charge in [0.1, 0.15) is 11.5 Å². The molecule has 2 aromatic rings. The summed E-state index contributed by atoms with van der Waals surface area (Å²) >= 11 is 5.98. The SMILES string of the molecule is CC(=O)N1CCN(c2ccc(OC(=O)COc3ccccc3Cl)cc2)CC1. The van der Waals surface area contributed by atoms with Crippen molar-refractivity contribution in [2.24, 2.45) is 0 Å². The van der Waals surface area contributed by atoms with Crippen molar-refractivity contribution in [3.8, 4) is 11.5 Å². The molecule has 0 radical (unpaired) electrons. The Kier molecular flexibility index (Phi) is 6.19. The Labute approximate surface area is 163 Å². The molecule has 0 unspecified atom stereocenters. The van der Waals surface area contributed by atoms with Crippen molar-refractivity contribution in [2.75, 3.05) is 37.7 Å². The summed E-state index contributed by atoms with van der Waals surface area (Å²) in [5.74, 6) is 0.499. The van der Waals surface area contributed by atoms with Crippen LogP contribution in [0.1, 0.15) is 6.92 Å². The molecule has 0 aromatic heterocycles. The van der Waals surface area contributed by atoms with E-state index in [0.29, 0.717) is 29.6 Å². The lowest BCUT2D eigenvalue weighted by Gasteiger charge is -2.35. The molecule has 3 rings (SSSR count). The van der Waals surface area contributed by atoms with Crippen LogP contribution in [0.5, 0.6) is 11.5 Å². The van der Waals surface area contributed by atoms with Gasteiger partial charge in [-0.15, -0.1) is 0 Å². The van der Waals surface area contributed by atoms with Crippen molar-refractivity contribution in [3.05, 3.63) is 53.6 Å². The number of rotatable bonds is 5. The number of anilines is 1. The first-order valence-electron chi connectivity index (χ1n) is 8.71. The zero-order chi connectivity index (χ0) is 19.2. The summed E-state index contributed by atoms with van der Waals surface area (Å²) in [5, 5.41) is 0.444. The number of amides is 1. The van der Waals surface area contributed by atoms with Gasteiger partial charge in [0.25, 0.3) is 0 Å². The van der Waals surface area contributed by atoms with Gasteiger partial charge in [-0.25, -0.2) is 4.79 Å². The predicted octanol–water partition coefficient (Wildman–Crippen LogP) is 2.99. The lowest BCUT2D eigenvalue weighted by atomic mass is 10.2. The van der Waals surface area contributed by atoms with E-state index < -0.39 is 5.97 Å². The van der Waals surface area contributed by atoms with Crippen LogP contribution in [0, 0.1) is 0 Å². The summed E-state index contributed by atoms with van der Waals surface area (Å²) in [7, 11) is 0. The van der Waals surface area contributed by atoms with E-state index in [1.54, 1.807) is 43.3 Å². The minimum absolute atomic E-state index is 0.107. The monoisotopic (exact) mass is 388 g/mol. The number of ether oxygens (including phenoxy) is 2. The molecule has 1 aliphatic heterocycles. The predicted molar refractivity (Wildman–Crippen MR) is 103 cm³/mol. The van der Waals surface area contributed by atoms with E-state index in [9.17, 15) is 9.59 Å². The number of hydrogen-bond donors (Lipinski definition) is 0. The third kappa shape index (κ3) is 5.14. The zero-order valence-electron chi connectivity index (χ0n) is 15.1. The molecule has 2 aromatic carbocycles. The van der Waals surface area contributed by atoms with Crippen molar-refractivity contribution in [2.45, 2.75) is 6.92 Å².